The smallest absolute Gasteiger partial charge is 0.0191 e. The fraction of sp³-hybridized carbons (Fsp3) is 1.00. The summed E-state index contributed by atoms with van der Waals surface area (Å²) < 4.78 is 0. The fourth-order valence-electron chi connectivity index (χ4n) is 0.717. The van der Waals surface area contributed by atoms with Gasteiger partial charge in [-0.05, 0) is 18.8 Å². The molecule has 7 heavy (non-hydrogen) atoms. The standard InChI is InChI=1S/C5H12N2/c6-3-5(7)4-1-2-4/h4-5H,1-3,6-7H2/t5-/m0/s1. The maximum atomic E-state index is 5.55. The second-order valence-corrected chi connectivity index (χ2v) is 2.24. The summed E-state index contributed by atoms with van der Waals surface area (Å²) in [6.45, 7) is 0.657. The average Bonchev–Trinajstić information content (AvgIpc) is 2.44. The van der Waals surface area contributed by atoms with E-state index >= 15 is 0 Å². The van der Waals surface area contributed by atoms with E-state index < -0.39 is 0 Å². The highest BCUT2D eigenvalue weighted by Crippen LogP contribution is 2.30. The van der Waals surface area contributed by atoms with Gasteiger partial charge in [0.2, 0.25) is 0 Å². The van der Waals surface area contributed by atoms with E-state index in [1.165, 1.54) is 12.8 Å². The van der Waals surface area contributed by atoms with Crippen LogP contribution in [0.15, 0.2) is 0 Å². The van der Waals surface area contributed by atoms with E-state index in [2.05, 4.69) is 0 Å². The molecule has 0 aromatic heterocycles. The van der Waals surface area contributed by atoms with Crippen molar-refractivity contribution in [3.8, 4) is 0 Å². The van der Waals surface area contributed by atoms with Gasteiger partial charge in [-0.15, -0.1) is 0 Å². The lowest BCUT2D eigenvalue weighted by Gasteiger charge is -2.02. The first-order chi connectivity index (χ1) is 3.34. The monoisotopic (exact) mass is 100 g/mol. The SMILES string of the molecule is NC[C@H](N)C1CC1. The number of hydrogen-bond acceptors (Lipinski definition) is 2. The summed E-state index contributed by atoms with van der Waals surface area (Å²) in [7, 11) is 0. The molecule has 0 heterocycles. The second kappa shape index (κ2) is 1.80. The Labute approximate surface area is 43.9 Å². The highest BCUT2D eigenvalue weighted by Gasteiger charge is 2.26. The van der Waals surface area contributed by atoms with Crippen molar-refractivity contribution in [1.29, 1.82) is 0 Å². The summed E-state index contributed by atoms with van der Waals surface area (Å²) in [6, 6.07) is 0.292. The van der Waals surface area contributed by atoms with Crippen LogP contribution < -0.4 is 11.5 Å². The lowest BCUT2D eigenvalue weighted by atomic mass is 10.2. The Morgan fingerprint density at radius 1 is 1.57 bits per heavy atom. The van der Waals surface area contributed by atoms with E-state index in [0.717, 1.165) is 5.92 Å². The van der Waals surface area contributed by atoms with Crippen LogP contribution in [0, 0.1) is 5.92 Å². The summed E-state index contributed by atoms with van der Waals surface area (Å²) in [5.41, 5.74) is 10.8. The van der Waals surface area contributed by atoms with Gasteiger partial charge in [0.1, 0.15) is 0 Å². The molecule has 2 nitrogen and oxygen atoms in total. The van der Waals surface area contributed by atoms with E-state index in [4.69, 9.17) is 11.5 Å². The molecule has 0 bridgehead atoms. The molecular weight excluding hydrogens is 88.1 g/mol. The molecule has 0 aromatic carbocycles. The molecule has 1 saturated carbocycles. The molecular formula is C5H12N2. The number of hydrogen-bond donors (Lipinski definition) is 2. The van der Waals surface area contributed by atoms with Crippen LogP contribution in [0.25, 0.3) is 0 Å². The largest absolute Gasteiger partial charge is 0.329 e. The van der Waals surface area contributed by atoms with Gasteiger partial charge in [0, 0.05) is 12.6 Å². The Kier molecular flexibility index (Phi) is 1.30. The Balaban J connectivity index is 2.10. The highest BCUT2D eigenvalue weighted by molar-refractivity contribution is 4.83. The molecule has 0 saturated heterocycles. The number of nitrogens with two attached hydrogens (primary N) is 2. The van der Waals surface area contributed by atoms with Gasteiger partial charge >= 0.3 is 0 Å². The third kappa shape index (κ3) is 1.14. The van der Waals surface area contributed by atoms with Crippen molar-refractivity contribution in [3.63, 3.8) is 0 Å². The van der Waals surface area contributed by atoms with Crippen molar-refractivity contribution in [2.24, 2.45) is 17.4 Å². The molecule has 0 spiro atoms. The minimum atomic E-state index is 0.292. The Bertz CT molecular complexity index is 59.1. The topological polar surface area (TPSA) is 52.0 Å². The van der Waals surface area contributed by atoms with Crippen molar-refractivity contribution < 1.29 is 0 Å². The van der Waals surface area contributed by atoms with Gasteiger partial charge in [-0.2, -0.15) is 0 Å². The fourth-order valence-corrected chi connectivity index (χ4v) is 0.717. The van der Waals surface area contributed by atoms with Gasteiger partial charge in [0.25, 0.3) is 0 Å². The zero-order valence-electron chi connectivity index (χ0n) is 4.43. The number of rotatable bonds is 2. The van der Waals surface area contributed by atoms with Gasteiger partial charge in [-0.3, -0.25) is 0 Å². The summed E-state index contributed by atoms with van der Waals surface area (Å²) in [6.07, 6.45) is 2.61. The highest BCUT2D eigenvalue weighted by atomic mass is 14.7. The molecule has 1 rings (SSSR count). The molecule has 0 unspecified atom stereocenters. The van der Waals surface area contributed by atoms with Gasteiger partial charge in [0.05, 0.1) is 0 Å². The third-order valence-electron chi connectivity index (χ3n) is 1.50. The van der Waals surface area contributed by atoms with E-state index in [1.54, 1.807) is 0 Å². The molecule has 0 amide bonds. The van der Waals surface area contributed by atoms with Crippen molar-refractivity contribution in [2.45, 2.75) is 18.9 Å². The molecule has 42 valence electrons. The van der Waals surface area contributed by atoms with Gasteiger partial charge in [-0.1, -0.05) is 0 Å². The predicted molar refractivity (Wildman–Crippen MR) is 29.8 cm³/mol. The maximum absolute atomic E-state index is 5.55. The molecule has 0 radical (unpaired) electrons. The van der Waals surface area contributed by atoms with Crippen LogP contribution in [0.3, 0.4) is 0 Å². The van der Waals surface area contributed by atoms with E-state index in [1.807, 2.05) is 0 Å². The van der Waals surface area contributed by atoms with E-state index in [-0.39, 0.29) is 0 Å². The molecule has 4 N–H and O–H groups in total. The van der Waals surface area contributed by atoms with Crippen LogP contribution in [0.2, 0.25) is 0 Å². The maximum Gasteiger partial charge on any atom is 0.0191 e. The molecule has 1 fully saturated rings. The lowest BCUT2D eigenvalue weighted by molar-refractivity contribution is 0.605. The summed E-state index contributed by atoms with van der Waals surface area (Å²) in [5, 5.41) is 0. The van der Waals surface area contributed by atoms with Crippen LogP contribution in [0.5, 0.6) is 0 Å². The van der Waals surface area contributed by atoms with Gasteiger partial charge in [0.15, 0.2) is 0 Å². The first-order valence-corrected chi connectivity index (χ1v) is 2.80. The normalized spacial score (nSPS) is 24.9. The Hall–Kier alpha value is -0.0800. The first kappa shape index (κ1) is 5.06. The van der Waals surface area contributed by atoms with Gasteiger partial charge in [-0.25, -0.2) is 0 Å². The minimum absolute atomic E-state index is 0.292. The van der Waals surface area contributed by atoms with Crippen LogP contribution in [0.1, 0.15) is 12.8 Å². The van der Waals surface area contributed by atoms with Crippen molar-refractivity contribution >= 4 is 0 Å². The molecule has 0 aliphatic heterocycles. The van der Waals surface area contributed by atoms with Crippen LogP contribution in [0.4, 0.5) is 0 Å². The summed E-state index contributed by atoms with van der Waals surface area (Å²) in [4.78, 5) is 0. The van der Waals surface area contributed by atoms with Crippen LogP contribution in [-0.2, 0) is 0 Å². The Morgan fingerprint density at radius 2 is 2.14 bits per heavy atom. The second-order valence-electron chi connectivity index (χ2n) is 2.24. The van der Waals surface area contributed by atoms with Crippen molar-refractivity contribution in [2.75, 3.05) is 6.54 Å². The third-order valence-corrected chi connectivity index (χ3v) is 1.50. The minimum Gasteiger partial charge on any atom is -0.329 e. The first-order valence-electron chi connectivity index (χ1n) is 2.80. The molecule has 1 atom stereocenters. The zero-order valence-corrected chi connectivity index (χ0v) is 4.43. The quantitative estimate of drug-likeness (QED) is 0.499. The van der Waals surface area contributed by atoms with Gasteiger partial charge < -0.3 is 11.5 Å². The summed E-state index contributed by atoms with van der Waals surface area (Å²) in [5.74, 6) is 0.769. The zero-order chi connectivity index (χ0) is 5.28. The molecule has 0 aromatic rings. The average molecular weight is 100 g/mol. The van der Waals surface area contributed by atoms with Crippen molar-refractivity contribution in [1.82, 2.24) is 0 Å². The lowest BCUT2D eigenvalue weighted by Crippen LogP contribution is -2.31. The summed E-state index contributed by atoms with van der Waals surface area (Å²) >= 11 is 0. The van der Waals surface area contributed by atoms with Crippen molar-refractivity contribution in [3.05, 3.63) is 0 Å². The predicted octanol–water partition coefficient (Wildman–Crippen LogP) is -0.318. The van der Waals surface area contributed by atoms with Crippen LogP contribution in [-0.4, -0.2) is 12.6 Å². The molecule has 2 heteroatoms. The van der Waals surface area contributed by atoms with E-state index in [0.29, 0.717) is 12.6 Å². The Morgan fingerprint density at radius 3 is 2.29 bits per heavy atom. The van der Waals surface area contributed by atoms with E-state index in [9.17, 15) is 0 Å². The van der Waals surface area contributed by atoms with Crippen LogP contribution >= 0.6 is 0 Å². The molecule has 1 aliphatic carbocycles. The molecule has 1 aliphatic rings.